The van der Waals surface area contributed by atoms with E-state index in [4.69, 9.17) is 4.74 Å². The molecule has 2 aromatic carbocycles. The van der Waals surface area contributed by atoms with Crippen molar-refractivity contribution in [3.63, 3.8) is 0 Å². The first-order chi connectivity index (χ1) is 11.6. The fourth-order valence-corrected chi connectivity index (χ4v) is 2.73. The van der Waals surface area contributed by atoms with Crippen LogP contribution < -0.4 is 10.1 Å². The van der Waals surface area contributed by atoms with E-state index >= 15 is 0 Å². The van der Waals surface area contributed by atoms with Crippen LogP contribution in [0.15, 0.2) is 54.6 Å². The number of nitro groups is 1. The minimum absolute atomic E-state index is 0.0646. The van der Waals surface area contributed by atoms with Crippen LogP contribution in [0.5, 0.6) is 5.75 Å². The number of benzene rings is 2. The second kappa shape index (κ2) is 9.57. The van der Waals surface area contributed by atoms with Crippen LogP contribution in [0, 0.1) is 10.1 Å². The van der Waals surface area contributed by atoms with Crippen molar-refractivity contribution in [1.29, 1.82) is 0 Å². The number of amides is 1. The number of nitrogens with one attached hydrogen (secondary N) is 1. The van der Waals surface area contributed by atoms with Crippen LogP contribution in [0.4, 0.5) is 5.69 Å². The fourth-order valence-electron chi connectivity index (χ4n) is 1.91. The summed E-state index contributed by atoms with van der Waals surface area (Å²) in [5.41, 5.74) is 1.19. The monoisotopic (exact) mass is 346 g/mol. The van der Waals surface area contributed by atoms with E-state index in [1.54, 1.807) is 17.8 Å². The average molecular weight is 346 g/mol. The van der Waals surface area contributed by atoms with Gasteiger partial charge in [-0.2, -0.15) is 11.8 Å². The van der Waals surface area contributed by atoms with Crippen LogP contribution in [0.3, 0.4) is 0 Å². The lowest BCUT2D eigenvalue weighted by molar-refractivity contribution is -0.384. The Morgan fingerprint density at radius 1 is 1.17 bits per heavy atom. The van der Waals surface area contributed by atoms with E-state index in [1.165, 1.54) is 23.8 Å². The number of carbonyl (C=O) groups excluding carboxylic acids is 1. The summed E-state index contributed by atoms with van der Waals surface area (Å²) in [5, 5.41) is 13.4. The summed E-state index contributed by atoms with van der Waals surface area (Å²) < 4.78 is 5.26. The van der Waals surface area contributed by atoms with Crippen molar-refractivity contribution in [2.45, 2.75) is 5.75 Å². The third-order valence-corrected chi connectivity index (χ3v) is 4.11. The zero-order chi connectivity index (χ0) is 17.2. The molecule has 0 spiro atoms. The van der Waals surface area contributed by atoms with Crippen LogP contribution >= 0.6 is 11.8 Å². The number of nitrogens with zero attached hydrogens (tertiary/aromatic N) is 1. The molecule has 0 aliphatic rings. The fraction of sp³-hybridized carbons (Fsp3) is 0.235. The van der Waals surface area contributed by atoms with Crippen LogP contribution in [-0.2, 0) is 10.5 Å². The first-order valence-electron chi connectivity index (χ1n) is 7.41. The van der Waals surface area contributed by atoms with Gasteiger partial charge >= 0.3 is 0 Å². The van der Waals surface area contributed by atoms with Gasteiger partial charge in [-0.05, 0) is 11.6 Å². The molecule has 0 bridgehead atoms. The molecule has 1 amide bonds. The van der Waals surface area contributed by atoms with E-state index in [2.05, 4.69) is 17.4 Å². The van der Waals surface area contributed by atoms with E-state index in [0.717, 1.165) is 11.5 Å². The van der Waals surface area contributed by atoms with Crippen molar-refractivity contribution in [3.8, 4) is 5.75 Å². The number of hydrogen-bond acceptors (Lipinski definition) is 5. The molecule has 0 atom stereocenters. The zero-order valence-electron chi connectivity index (χ0n) is 13.0. The highest BCUT2D eigenvalue weighted by atomic mass is 32.2. The van der Waals surface area contributed by atoms with Gasteiger partial charge in [0.2, 0.25) is 0 Å². The Morgan fingerprint density at radius 2 is 1.96 bits per heavy atom. The SMILES string of the molecule is O=C(COc1cccc([N+](=O)[O-])c1)NCCSCc1ccccc1. The molecular weight excluding hydrogens is 328 g/mol. The molecule has 1 N–H and O–H groups in total. The van der Waals surface area contributed by atoms with Crippen molar-refractivity contribution in [2.75, 3.05) is 18.9 Å². The summed E-state index contributed by atoms with van der Waals surface area (Å²) in [6.07, 6.45) is 0. The van der Waals surface area contributed by atoms with E-state index in [-0.39, 0.29) is 18.2 Å². The number of thioether (sulfide) groups is 1. The Morgan fingerprint density at radius 3 is 2.71 bits per heavy atom. The number of nitro benzene ring substituents is 1. The molecule has 2 rings (SSSR count). The summed E-state index contributed by atoms with van der Waals surface area (Å²) in [7, 11) is 0. The Labute approximate surface area is 144 Å². The Hall–Kier alpha value is -2.54. The van der Waals surface area contributed by atoms with Gasteiger partial charge in [0.05, 0.1) is 11.0 Å². The Balaban J connectivity index is 1.61. The first-order valence-corrected chi connectivity index (χ1v) is 8.56. The highest BCUT2D eigenvalue weighted by molar-refractivity contribution is 7.98. The topological polar surface area (TPSA) is 81.5 Å². The third-order valence-electron chi connectivity index (χ3n) is 3.08. The predicted molar refractivity (Wildman–Crippen MR) is 94.2 cm³/mol. The van der Waals surface area contributed by atoms with Gasteiger partial charge in [0, 0.05) is 24.1 Å². The molecule has 0 unspecified atom stereocenters. The molecule has 0 aliphatic carbocycles. The van der Waals surface area contributed by atoms with E-state index < -0.39 is 4.92 Å². The van der Waals surface area contributed by atoms with Gasteiger partial charge in [0.15, 0.2) is 6.61 Å². The number of hydrogen-bond donors (Lipinski definition) is 1. The third kappa shape index (κ3) is 6.29. The van der Waals surface area contributed by atoms with Gasteiger partial charge in [0.1, 0.15) is 5.75 Å². The van der Waals surface area contributed by atoms with Gasteiger partial charge in [-0.25, -0.2) is 0 Å². The number of carbonyl (C=O) groups is 1. The molecule has 0 heterocycles. The van der Waals surface area contributed by atoms with Gasteiger partial charge in [-0.1, -0.05) is 36.4 Å². The van der Waals surface area contributed by atoms with E-state index in [0.29, 0.717) is 12.3 Å². The molecule has 0 radical (unpaired) electrons. The predicted octanol–water partition coefficient (Wildman–Crippen LogP) is 3.02. The highest BCUT2D eigenvalue weighted by Crippen LogP contribution is 2.18. The van der Waals surface area contributed by atoms with Gasteiger partial charge in [0.25, 0.3) is 11.6 Å². The summed E-state index contributed by atoms with van der Waals surface area (Å²) in [4.78, 5) is 21.9. The molecule has 24 heavy (non-hydrogen) atoms. The van der Waals surface area contributed by atoms with Crippen LogP contribution in [0.2, 0.25) is 0 Å². The standard InChI is InChI=1S/C17H18N2O4S/c20-17(12-23-16-8-4-7-15(11-16)19(21)22)18-9-10-24-13-14-5-2-1-3-6-14/h1-8,11H,9-10,12-13H2,(H,18,20). The van der Waals surface area contributed by atoms with Gasteiger partial charge in [-0.15, -0.1) is 0 Å². The number of non-ortho nitro benzene ring substituents is 1. The smallest absolute Gasteiger partial charge is 0.273 e. The normalized spacial score (nSPS) is 10.2. The number of rotatable bonds is 9. The lowest BCUT2D eigenvalue weighted by Gasteiger charge is -2.07. The highest BCUT2D eigenvalue weighted by Gasteiger charge is 2.08. The maximum absolute atomic E-state index is 11.7. The molecule has 0 saturated heterocycles. The first kappa shape index (κ1) is 17.8. The second-order valence-corrected chi connectivity index (χ2v) is 6.04. The molecule has 7 heteroatoms. The van der Waals surface area contributed by atoms with E-state index in [9.17, 15) is 14.9 Å². The molecule has 6 nitrogen and oxygen atoms in total. The lowest BCUT2D eigenvalue weighted by atomic mass is 10.2. The lowest BCUT2D eigenvalue weighted by Crippen LogP contribution is -2.30. The molecule has 0 aromatic heterocycles. The van der Waals surface area contributed by atoms with Crippen molar-refractivity contribution in [3.05, 3.63) is 70.3 Å². The molecule has 2 aromatic rings. The Kier molecular flexibility index (Phi) is 7.10. The second-order valence-electron chi connectivity index (χ2n) is 4.93. The minimum Gasteiger partial charge on any atom is -0.484 e. The Bertz CT molecular complexity index is 679. The maximum atomic E-state index is 11.7. The average Bonchev–Trinajstić information content (AvgIpc) is 2.61. The summed E-state index contributed by atoms with van der Waals surface area (Å²) in [6.45, 7) is 0.388. The number of ether oxygens (including phenoxy) is 1. The maximum Gasteiger partial charge on any atom is 0.273 e. The summed E-state index contributed by atoms with van der Waals surface area (Å²) in [6, 6.07) is 15.9. The summed E-state index contributed by atoms with van der Waals surface area (Å²) >= 11 is 1.74. The summed E-state index contributed by atoms with van der Waals surface area (Å²) in [5.74, 6) is 1.76. The van der Waals surface area contributed by atoms with E-state index in [1.807, 2.05) is 18.2 Å². The zero-order valence-corrected chi connectivity index (χ0v) is 13.8. The van der Waals surface area contributed by atoms with Crippen molar-refractivity contribution >= 4 is 23.4 Å². The van der Waals surface area contributed by atoms with Crippen LogP contribution in [0.25, 0.3) is 0 Å². The largest absolute Gasteiger partial charge is 0.484 e. The molecule has 0 fully saturated rings. The van der Waals surface area contributed by atoms with Crippen molar-refractivity contribution in [1.82, 2.24) is 5.32 Å². The van der Waals surface area contributed by atoms with Crippen molar-refractivity contribution < 1.29 is 14.5 Å². The molecule has 0 saturated carbocycles. The molecular formula is C17H18N2O4S. The van der Waals surface area contributed by atoms with Gasteiger partial charge in [-0.3, -0.25) is 14.9 Å². The van der Waals surface area contributed by atoms with Crippen LogP contribution in [0.1, 0.15) is 5.56 Å². The minimum atomic E-state index is -0.503. The molecule has 126 valence electrons. The van der Waals surface area contributed by atoms with Gasteiger partial charge < -0.3 is 10.1 Å². The van der Waals surface area contributed by atoms with Crippen molar-refractivity contribution in [2.24, 2.45) is 0 Å². The van der Waals surface area contributed by atoms with Crippen LogP contribution in [-0.4, -0.2) is 29.7 Å². The quantitative estimate of drug-likeness (QED) is 0.429. The molecule has 0 aliphatic heterocycles.